The minimum absolute atomic E-state index is 0.538. The van der Waals surface area contributed by atoms with Gasteiger partial charge in [0.15, 0.2) is 5.13 Å². The number of hydrogen-bond acceptors (Lipinski definition) is 4. The Labute approximate surface area is 187 Å². The zero-order valence-corrected chi connectivity index (χ0v) is 19.2. The SMILES string of the molecule is CC(C)Cc1sc(N(CCCN)Cc2ccccc2)nc1-c1ccc(Cl)c(Cl)c1. The molecule has 3 nitrogen and oxygen atoms in total. The van der Waals surface area contributed by atoms with Crippen LogP contribution in [0, 0.1) is 5.92 Å². The van der Waals surface area contributed by atoms with E-state index in [1.165, 1.54) is 10.4 Å². The van der Waals surface area contributed by atoms with Gasteiger partial charge in [-0.25, -0.2) is 4.98 Å². The monoisotopic (exact) mass is 447 g/mol. The molecular formula is C23H27Cl2N3S. The molecule has 0 saturated carbocycles. The van der Waals surface area contributed by atoms with E-state index in [1.54, 1.807) is 11.3 Å². The second-order valence-electron chi connectivity index (χ2n) is 7.54. The smallest absolute Gasteiger partial charge is 0.186 e. The number of nitrogens with zero attached hydrogens (tertiary/aromatic N) is 2. The molecule has 0 unspecified atom stereocenters. The second-order valence-corrected chi connectivity index (χ2v) is 9.42. The summed E-state index contributed by atoms with van der Waals surface area (Å²) in [6.45, 7) is 6.81. The maximum Gasteiger partial charge on any atom is 0.186 e. The maximum absolute atomic E-state index is 6.29. The molecule has 0 spiro atoms. The number of nitrogens with two attached hydrogens (primary N) is 1. The van der Waals surface area contributed by atoms with Crippen molar-refractivity contribution in [3.63, 3.8) is 0 Å². The Hall–Kier alpha value is -1.59. The lowest BCUT2D eigenvalue weighted by atomic mass is 10.0. The van der Waals surface area contributed by atoms with E-state index in [0.717, 1.165) is 42.3 Å². The van der Waals surface area contributed by atoms with Crippen molar-refractivity contribution in [2.45, 2.75) is 33.2 Å². The predicted octanol–water partition coefficient (Wildman–Crippen LogP) is 6.67. The Morgan fingerprint density at radius 1 is 1.07 bits per heavy atom. The van der Waals surface area contributed by atoms with Gasteiger partial charge in [-0.05, 0) is 43.0 Å². The maximum atomic E-state index is 6.29. The summed E-state index contributed by atoms with van der Waals surface area (Å²) in [5.41, 5.74) is 9.08. The normalized spacial score (nSPS) is 11.2. The molecule has 0 atom stereocenters. The highest BCUT2D eigenvalue weighted by molar-refractivity contribution is 7.16. The fourth-order valence-corrected chi connectivity index (χ4v) is 4.80. The van der Waals surface area contributed by atoms with Crippen molar-refractivity contribution in [1.29, 1.82) is 0 Å². The Kier molecular flexibility index (Phi) is 7.96. The Morgan fingerprint density at radius 3 is 2.48 bits per heavy atom. The lowest BCUT2D eigenvalue weighted by molar-refractivity contribution is 0.654. The fraction of sp³-hybridized carbons (Fsp3) is 0.348. The van der Waals surface area contributed by atoms with Crippen LogP contribution in [-0.2, 0) is 13.0 Å². The van der Waals surface area contributed by atoms with Crippen LogP contribution in [0.15, 0.2) is 48.5 Å². The quantitative estimate of drug-likeness (QED) is 0.398. The third kappa shape index (κ3) is 5.95. The number of anilines is 1. The summed E-state index contributed by atoms with van der Waals surface area (Å²) in [6.07, 6.45) is 1.90. The fourth-order valence-electron chi connectivity index (χ4n) is 3.18. The average molecular weight is 448 g/mol. The molecule has 0 saturated heterocycles. The highest BCUT2D eigenvalue weighted by Gasteiger charge is 2.19. The van der Waals surface area contributed by atoms with Crippen LogP contribution in [0.2, 0.25) is 10.0 Å². The lowest BCUT2D eigenvalue weighted by Crippen LogP contribution is -2.25. The Balaban J connectivity index is 1.99. The molecule has 0 bridgehead atoms. The molecule has 0 amide bonds. The van der Waals surface area contributed by atoms with E-state index in [0.29, 0.717) is 22.5 Å². The first-order valence-electron chi connectivity index (χ1n) is 9.92. The molecule has 6 heteroatoms. The van der Waals surface area contributed by atoms with E-state index in [1.807, 2.05) is 24.3 Å². The van der Waals surface area contributed by atoms with Gasteiger partial charge in [-0.1, -0.05) is 73.4 Å². The number of thiazole rings is 1. The zero-order chi connectivity index (χ0) is 20.8. The minimum atomic E-state index is 0.538. The number of halogens is 2. The minimum Gasteiger partial charge on any atom is -0.344 e. The van der Waals surface area contributed by atoms with Gasteiger partial charge < -0.3 is 10.6 Å². The second kappa shape index (κ2) is 10.4. The molecule has 0 fully saturated rings. The van der Waals surface area contributed by atoms with E-state index in [2.05, 4.69) is 43.0 Å². The van der Waals surface area contributed by atoms with Crippen LogP contribution < -0.4 is 10.6 Å². The van der Waals surface area contributed by atoms with E-state index in [-0.39, 0.29) is 0 Å². The summed E-state index contributed by atoms with van der Waals surface area (Å²) in [7, 11) is 0. The lowest BCUT2D eigenvalue weighted by Gasteiger charge is -2.21. The van der Waals surface area contributed by atoms with Crippen LogP contribution in [0.4, 0.5) is 5.13 Å². The molecule has 0 radical (unpaired) electrons. The number of aromatic nitrogens is 1. The number of rotatable bonds is 9. The molecule has 3 aromatic rings. The molecule has 1 heterocycles. The molecule has 154 valence electrons. The summed E-state index contributed by atoms with van der Waals surface area (Å²) < 4.78 is 0. The van der Waals surface area contributed by atoms with Gasteiger partial charge in [0.05, 0.1) is 15.7 Å². The van der Waals surface area contributed by atoms with Crippen LogP contribution in [-0.4, -0.2) is 18.1 Å². The van der Waals surface area contributed by atoms with E-state index >= 15 is 0 Å². The van der Waals surface area contributed by atoms with Gasteiger partial charge in [0.2, 0.25) is 0 Å². The zero-order valence-electron chi connectivity index (χ0n) is 16.9. The molecule has 1 aromatic heterocycles. The van der Waals surface area contributed by atoms with Crippen molar-refractivity contribution in [3.8, 4) is 11.3 Å². The van der Waals surface area contributed by atoms with Crippen molar-refractivity contribution >= 4 is 39.7 Å². The summed E-state index contributed by atoms with van der Waals surface area (Å²) >= 11 is 14.2. The van der Waals surface area contributed by atoms with Crippen molar-refractivity contribution in [2.75, 3.05) is 18.0 Å². The molecule has 29 heavy (non-hydrogen) atoms. The van der Waals surface area contributed by atoms with Crippen molar-refractivity contribution in [2.24, 2.45) is 11.7 Å². The third-order valence-corrected chi connectivity index (χ3v) is 6.47. The van der Waals surface area contributed by atoms with Crippen molar-refractivity contribution in [3.05, 3.63) is 69.0 Å². The van der Waals surface area contributed by atoms with Gasteiger partial charge in [0.25, 0.3) is 0 Å². The van der Waals surface area contributed by atoms with E-state index in [9.17, 15) is 0 Å². The molecule has 2 N–H and O–H groups in total. The van der Waals surface area contributed by atoms with Crippen LogP contribution in [0.25, 0.3) is 11.3 Å². The standard InChI is InChI=1S/C23H27Cl2N3S/c1-16(2)13-21-22(18-9-10-19(24)20(25)14-18)27-23(29-21)28(12-6-11-26)15-17-7-4-3-5-8-17/h3-5,7-10,14,16H,6,11-13,15,26H2,1-2H3. The van der Waals surface area contributed by atoms with Crippen LogP contribution in [0.1, 0.15) is 30.7 Å². The molecule has 0 aliphatic carbocycles. The van der Waals surface area contributed by atoms with Gasteiger partial charge >= 0.3 is 0 Å². The first-order chi connectivity index (χ1) is 14.0. The van der Waals surface area contributed by atoms with Crippen LogP contribution in [0.5, 0.6) is 0 Å². The van der Waals surface area contributed by atoms with Gasteiger partial charge in [0.1, 0.15) is 0 Å². The van der Waals surface area contributed by atoms with E-state index < -0.39 is 0 Å². The van der Waals surface area contributed by atoms with Crippen LogP contribution in [0.3, 0.4) is 0 Å². The average Bonchev–Trinajstić information content (AvgIpc) is 3.11. The first-order valence-corrected chi connectivity index (χ1v) is 11.5. The predicted molar refractivity (Wildman–Crippen MR) is 127 cm³/mol. The van der Waals surface area contributed by atoms with Crippen molar-refractivity contribution < 1.29 is 0 Å². The van der Waals surface area contributed by atoms with Crippen LogP contribution >= 0.6 is 34.5 Å². The van der Waals surface area contributed by atoms with E-state index in [4.69, 9.17) is 33.9 Å². The molecule has 3 rings (SSSR count). The molecular weight excluding hydrogens is 421 g/mol. The summed E-state index contributed by atoms with van der Waals surface area (Å²) in [4.78, 5) is 8.66. The van der Waals surface area contributed by atoms with Gasteiger partial charge in [-0.3, -0.25) is 0 Å². The van der Waals surface area contributed by atoms with Gasteiger partial charge in [-0.2, -0.15) is 0 Å². The first kappa shape index (κ1) is 22.1. The molecule has 2 aromatic carbocycles. The summed E-state index contributed by atoms with van der Waals surface area (Å²) in [5.74, 6) is 0.538. The third-order valence-electron chi connectivity index (χ3n) is 4.59. The molecule has 0 aliphatic heterocycles. The topological polar surface area (TPSA) is 42.1 Å². The Morgan fingerprint density at radius 2 is 1.83 bits per heavy atom. The largest absolute Gasteiger partial charge is 0.344 e. The summed E-state index contributed by atoms with van der Waals surface area (Å²) in [6, 6.07) is 16.2. The highest BCUT2D eigenvalue weighted by atomic mass is 35.5. The summed E-state index contributed by atoms with van der Waals surface area (Å²) in [5, 5.41) is 2.14. The van der Waals surface area contributed by atoms with Crippen molar-refractivity contribution in [1.82, 2.24) is 4.98 Å². The highest BCUT2D eigenvalue weighted by Crippen LogP contribution is 2.37. The molecule has 0 aliphatic rings. The van der Waals surface area contributed by atoms with Gasteiger partial charge in [0, 0.05) is 23.5 Å². The number of benzene rings is 2. The van der Waals surface area contributed by atoms with Gasteiger partial charge in [-0.15, -0.1) is 11.3 Å². The number of hydrogen-bond donors (Lipinski definition) is 1. The Bertz CT molecular complexity index is 925.